The number of para-hydroxylation sites is 2. The lowest BCUT2D eigenvalue weighted by Crippen LogP contribution is -2.39. The van der Waals surface area contributed by atoms with Gasteiger partial charge in [-0.2, -0.15) is 0 Å². The van der Waals surface area contributed by atoms with Crippen molar-refractivity contribution in [2.75, 3.05) is 5.32 Å². The van der Waals surface area contributed by atoms with E-state index in [1.165, 1.54) is 18.2 Å². The Kier molecular flexibility index (Phi) is 4.32. The Hall–Kier alpha value is -4.01. The zero-order valence-electron chi connectivity index (χ0n) is 14.4. The normalized spacial score (nSPS) is 10.9. The molecule has 0 fully saturated rings. The highest BCUT2D eigenvalue weighted by Gasteiger charge is 2.17. The Bertz CT molecular complexity index is 1270. The second-order valence-electron chi connectivity index (χ2n) is 6.05. The molecule has 8 nitrogen and oxygen atoms in total. The molecule has 0 bridgehead atoms. The zero-order valence-corrected chi connectivity index (χ0v) is 14.4. The van der Waals surface area contributed by atoms with Crippen LogP contribution in [0.2, 0.25) is 0 Å². The smallest absolute Gasteiger partial charge is 0.324 e. The van der Waals surface area contributed by atoms with Gasteiger partial charge in [0.2, 0.25) is 5.95 Å². The Balaban J connectivity index is 1.66. The summed E-state index contributed by atoms with van der Waals surface area (Å²) in [6.07, 6.45) is 1.03. The van der Waals surface area contributed by atoms with Crippen LogP contribution in [0.3, 0.4) is 0 Å². The van der Waals surface area contributed by atoms with Gasteiger partial charge in [-0.1, -0.05) is 30.3 Å². The SMILES string of the molecule is O=C(Nc1nc2ccccc2[nH]1)c1c[nH]c(=O)n(Cc2ccccc2F)c1=O. The molecule has 0 aliphatic rings. The number of imidazole rings is 1. The van der Waals surface area contributed by atoms with Crippen LogP contribution in [0.5, 0.6) is 0 Å². The standard InChI is InChI=1S/C19H14FN5O3/c20-13-6-2-1-5-11(13)10-25-17(27)12(9-21-19(25)28)16(26)24-18-22-14-7-3-4-8-15(14)23-18/h1-9H,10H2,(H,21,28)(H2,22,23,24,26). The molecule has 28 heavy (non-hydrogen) atoms. The topological polar surface area (TPSA) is 113 Å². The number of anilines is 1. The highest BCUT2D eigenvalue weighted by Crippen LogP contribution is 2.13. The van der Waals surface area contributed by atoms with E-state index in [0.29, 0.717) is 5.52 Å². The number of nitrogens with zero attached hydrogens (tertiary/aromatic N) is 2. The second-order valence-corrected chi connectivity index (χ2v) is 6.05. The van der Waals surface area contributed by atoms with Crippen molar-refractivity contribution in [3.05, 3.63) is 92.5 Å². The first-order valence-corrected chi connectivity index (χ1v) is 8.35. The fourth-order valence-electron chi connectivity index (χ4n) is 2.80. The molecule has 0 atom stereocenters. The second kappa shape index (κ2) is 6.95. The van der Waals surface area contributed by atoms with Crippen molar-refractivity contribution in [3.63, 3.8) is 0 Å². The third-order valence-electron chi connectivity index (χ3n) is 4.21. The number of amides is 1. The molecule has 4 rings (SSSR count). The summed E-state index contributed by atoms with van der Waals surface area (Å²) < 4.78 is 14.6. The minimum Gasteiger partial charge on any atom is -0.324 e. The van der Waals surface area contributed by atoms with Crippen molar-refractivity contribution in [3.8, 4) is 0 Å². The summed E-state index contributed by atoms with van der Waals surface area (Å²) >= 11 is 0. The molecule has 0 spiro atoms. The van der Waals surface area contributed by atoms with Crippen LogP contribution in [-0.2, 0) is 6.54 Å². The van der Waals surface area contributed by atoms with Crippen LogP contribution >= 0.6 is 0 Å². The number of aromatic nitrogens is 4. The number of carbonyl (C=O) groups excluding carboxylic acids is 1. The predicted octanol–water partition coefficient (Wildman–Crippen LogP) is 1.85. The first-order chi connectivity index (χ1) is 13.5. The molecule has 0 saturated carbocycles. The molecular formula is C19H14FN5O3. The van der Waals surface area contributed by atoms with Gasteiger partial charge in [-0.15, -0.1) is 0 Å². The van der Waals surface area contributed by atoms with Crippen molar-refractivity contribution in [1.29, 1.82) is 0 Å². The average Bonchev–Trinajstić information content (AvgIpc) is 3.08. The molecule has 0 aliphatic carbocycles. The summed E-state index contributed by atoms with van der Waals surface area (Å²) in [7, 11) is 0. The summed E-state index contributed by atoms with van der Waals surface area (Å²) in [6.45, 7) is -0.299. The predicted molar refractivity (Wildman–Crippen MR) is 101 cm³/mol. The number of halogens is 1. The lowest BCUT2D eigenvalue weighted by atomic mass is 10.2. The van der Waals surface area contributed by atoms with Gasteiger partial charge in [-0.3, -0.25) is 19.5 Å². The minimum atomic E-state index is -0.833. The summed E-state index contributed by atoms with van der Waals surface area (Å²) in [4.78, 5) is 46.7. The van der Waals surface area contributed by atoms with Crippen molar-refractivity contribution in [2.24, 2.45) is 0 Å². The summed E-state index contributed by atoms with van der Waals surface area (Å²) in [5, 5.41) is 2.50. The first-order valence-electron chi connectivity index (χ1n) is 8.35. The summed E-state index contributed by atoms with van der Waals surface area (Å²) in [5.41, 5.74) is -0.344. The fourth-order valence-corrected chi connectivity index (χ4v) is 2.80. The van der Waals surface area contributed by atoms with E-state index in [4.69, 9.17) is 0 Å². The molecule has 2 heterocycles. The van der Waals surface area contributed by atoms with Gasteiger partial charge < -0.3 is 9.97 Å². The molecule has 0 aliphatic heterocycles. The number of carbonyl (C=O) groups is 1. The van der Waals surface area contributed by atoms with Gasteiger partial charge in [0.25, 0.3) is 11.5 Å². The number of aromatic amines is 2. The van der Waals surface area contributed by atoms with Crippen LogP contribution < -0.4 is 16.6 Å². The van der Waals surface area contributed by atoms with E-state index in [2.05, 4.69) is 20.3 Å². The highest BCUT2D eigenvalue weighted by molar-refractivity contribution is 6.03. The number of nitrogens with one attached hydrogen (secondary N) is 3. The minimum absolute atomic E-state index is 0.157. The van der Waals surface area contributed by atoms with Crippen LogP contribution in [0.25, 0.3) is 11.0 Å². The van der Waals surface area contributed by atoms with Crippen LogP contribution in [0.1, 0.15) is 15.9 Å². The Labute approximate surface area is 156 Å². The Morgan fingerprint density at radius 1 is 1.11 bits per heavy atom. The highest BCUT2D eigenvalue weighted by atomic mass is 19.1. The van der Waals surface area contributed by atoms with E-state index in [1.807, 2.05) is 6.07 Å². The van der Waals surface area contributed by atoms with Crippen molar-refractivity contribution >= 4 is 22.9 Å². The maximum atomic E-state index is 13.9. The molecule has 1 amide bonds. The number of hydrogen-bond donors (Lipinski definition) is 3. The number of H-pyrrole nitrogens is 2. The number of fused-ring (bicyclic) bond motifs is 1. The van der Waals surface area contributed by atoms with Crippen LogP contribution in [0, 0.1) is 5.82 Å². The first kappa shape index (κ1) is 17.4. The van der Waals surface area contributed by atoms with Crippen LogP contribution in [-0.4, -0.2) is 25.4 Å². The molecule has 2 aromatic heterocycles. The monoisotopic (exact) mass is 379 g/mol. The molecule has 9 heteroatoms. The molecule has 4 aromatic rings. The maximum Gasteiger partial charge on any atom is 0.328 e. The van der Waals surface area contributed by atoms with Crippen LogP contribution in [0.15, 0.2) is 64.3 Å². The van der Waals surface area contributed by atoms with Gasteiger partial charge in [0.15, 0.2) is 0 Å². The lowest BCUT2D eigenvalue weighted by molar-refractivity contribution is 0.102. The molecule has 0 radical (unpaired) electrons. The molecule has 2 aromatic carbocycles. The fraction of sp³-hybridized carbons (Fsp3) is 0.0526. The van der Waals surface area contributed by atoms with E-state index in [-0.39, 0.29) is 23.6 Å². The molecular weight excluding hydrogens is 365 g/mol. The van der Waals surface area contributed by atoms with E-state index in [9.17, 15) is 18.8 Å². The average molecular weight is 379 g/mol. The van der Waals surface area contributed by atoms with Crippen molar-refractivity contribution < 1.29 is 9.18 Å². The van der Waals surface area contributed by atoms with Gasteiger partial charge in [-0.05, 0) is 18.2 Å². The molecule has 0 saturated heterocycles. The zero-order chi connectivity index (χ0) is 19.7. The number of benzene rings is 2. The van der Waals surface area contributed by atoms with E-state index >= 15 is 0 Å². The number of hydrogen-bond acceptors (Lipinski definition) is 4. The van der Waals surface area contributed by atoms with Gasteiger partial charge >= 0.3 is 5.69 Å². The van der Waals surface area contributed by atoms with Crippen molar-refractivity contribution in [2.45, 2.75) is 6.54 Å². The van der Waals surface area contributed by atoms with Crippen LogP contribution in [0.4, 0.5) is 10.3 Å². The number of rotatable bonds is 4. The molecule has 3 N–H and O–H groups in total. The third kappa shape index (κ3) is 3.20. The summed E-state index contributed by atoms with van der Waals surface area (Å²) in [6, 6.07) is 13.0. The Morgan fingerprint density at radius 2 is 1.86 bits per heavy atom. The van der Waals surface area contributed by atoms with Gasteiger partial charge in [-0.25, -0.2) is 14.2 Å². The quantitative estimate of drug-likeness (QED) is 0.502. The summed E-state index contributed by atoms with van der Waals surface area (Å²) in [5.74, 6) is -1.13. The Morgan fingerprint density at radius 3 is 2.64 bits per heavy atom. The van der Waals surface area contributed by atoms with Gasteiger partial charge in [0.05, 0.1) is 17.6 Å². The molecule has 0 unspecified atom stereocenters. The largest absolute Gasteiger partial charge is 0.328 e. The van der Waals surface area contributed by atoms with Gasteiger partial charge in [0, 0.05) is 11.8 Å². The van der Waals surface area contributed by atoms with E-state index in [1.54, 1.807) is 24.3 Å². The van der Waals surface area contributed by atoms with E-state index in [0.717, 1.165) is 16.3 Å². The maximum absolute atomic E-state index is 13.9. The van der Waals surface area contributed by atoms with Crippen molar-refractivity contribution in [1.82, 2.24) is 19.5 Å². The lowest BCUT2D eigenvalue weighted by Gasteiger charge is -2.08. The van der Waals surface area contributed by atoms with E-state index < -0.39 is 23.0 Å². The molecule has 140 valence electrons. The third-order valence-corrected chi connectivity index (χ3v) is 4.21. The van der Waals surface area contributed by atoms with Gasteiger partial charge in [0.1, 0.15) is 11.4 Å².